The maximum atomic E-state index is 7.15. The topological polar surface area (TPSA) is 19.6 Å². The van der Waals surface area contributed by atoms with Crippen LogP contribution in [0.5, 0.6) is 0 Å². The highest BCUT2D eigenvalue weighted by molar-refractivity contribution is 6.20. The number of para-hydroxylation sites is 3. The third-order valence-corrected chi connectivity index (χ3v) is 20.6. The van der Waals surface area contributed by atoms with Crippen LogP contribution in [0.3, 0.4) is 0 Å². The van der Waals surface area contributed by atoms with Crippen molar-refractivity contribution in [2.45, 2.75) is 106 Å². The van der Waals surface area contributed by atoms with Crippen LogP contribution in [0.2, 0.25) is 0 Å². The fourth-order valence-corrected chi connectivity index (χ4v) is 16.7. The van der Waals surface area contributed by atoms with Crippen LogP contribution >= 0.6 is 0 Å². The third-order valence-electron chi connectivity index (χ3n) is 20.6. The van der Waals surface area contributed by atoms with Gasteiger partial charge in [0.2, 0.25) is 0 Å². The van der Waals surface area contributed by atoms with Gasteiger partial charge in [-0.05, 0) is 166 Å². The fourth-order valence-electron chi connectivity index (χ4n) is 16.7. The van der Waals surface area contributed by atoms with Gasteiger partial charge in [-0.2, -0.15) is 0 Å². The minimum absolute atomic E-state index is 0.00607. The van der Waals surface area contributed by atoms with Gasteiger partial charge in [-0.1, -0.05) is 179 Å². The fraction of sp³-hybridized carbons (Fsp3) is 0.239. The van der Waals surface area contributed by atoms with Gasteiger partial charge in [-0.15, -0.1) is 0 Å². The molecule has 2 aliphatic heterocycles. The minimum atomic E-state index is -0.562. The first-order chi connectivity index (χ1) is 36.2. The molecule has 3 heteroatoms. The highest BCUT2D eigenvalue weighted by atomic mass is 16.3. The van der Waals surface area contributed by atoms with Crippen LogP contribution in [0, 0.1) is 0 Å². The van der Waals surface area contributed by atoms with E-state index in [9.17, 15) is 0 Å². The largest absolute Gasteiger partial charge is 0.455 e. The molecule has 10 aromatic rings. The van der Waals surface area contributed by atoms with E-state index in [0.717, 1.165) is 22.1 Å². The van der Waals surface area contributed by atoms with Gasteiger partial charge in [0, 0.05) is 49.9 Å². The zero-order valence-corrected chi connectivity index (χ0v) is 42.9. The van der Waals surface area contributed by atoms with Crippen molar-refractivity contribution in [1.82, 2.24) is 0 Å². The summed E-state index contributed by atoms with van der Waals surface area (Å²) >= 11 is 0. The first kappa shape index (κ1) is 42.8. The Morgan fingerprint density at radius 1 is 0.378 bits per heavy atom. The molecular weight excluding hydrogens is 897 g/mol. The maximum absolute atomic E-state index is 7.15. The predicted molar refractivity (Wildman–Crippen MR) is 307 cm³/mol. The molecule has 2 fully saturated rings. The quantitative estimate of drug-likeness (QED) is 0.175. The van der Waals surface area contributed by atoms with Gasteiger partial charge >= 0.3 is 0 Å². The molecule has 0 amide bonds. The van der Waals surface area contributed by atoms with Crippen LogP contribution in [0.15, 0.2) is 199 Å². The first-order valence-corrected chi connectivity index (χ1v) is 27.5. The van der Waals surface area contributed by atoms with Crippen LogP contribution in [0.4, 0.5) is 22.7 Å². The summed E-state index contributed by atoms with van der Waals surface area (Å²) in [6.45, 7) is 10.1. The van der Waals surface area contributed by atoms with Crippen molar-refractivity contribution < 1.29 is 4.42 Å². The Morgan fingerprint density at radius 2 is 0.865 bits per heavy atom. The lowest BCUT2D eigenvalue weighted by Crippen LogP contribution is -2.54. The lowest BCUT2D eigenvalue weighted by atomic mass is 9.61. The molecule has 0 radical (unpaired) electrons. The number of fused-ring (bicyclic) bond motifs is 20. The summed E-state index contributed by atoms with van der Waals surface area (Å²) in [5, 5.41) is 2.35. The minimum Gasteiger partial charge on any atom is -0.455 e. The molecule has 1 aromatic heterocycles. The van der Waals surface area contributed by atoms with Gasteiger partial charge < -0.3 is 14.2 Å². The summed E-state index contributed by atoms with van der Waals surface area (Å²) < 4.78 is 7.15. The van der Waals surface area contributed by atoms with E-state index in [1.54, 1.807) is 0 Å². The number of anilines is 4. The van der Waals surface area contributed by atoms with E-state index in [1.165, 1.54) is 152 Å². The number of rotatable bonds is 4. The summed E-state index contributed by atoms with van der Waals surface area (Å²) in [5.41, 5.74) is 25.1. The van der Waals surface area contributed by atoms with E-state index < -0.39 is 5.41 Å². The third kappa shape index (κ3) is 5.14. The molecule has 0 N–H and O–H groups in total. The van der Waals surface area contributed by atoms with Crippen LogP contribution in [-0.2, 0) is 16.2 Å². The average Bonchev–Trinajstić information content (AvgIpc) is 4.30. The highest BCUT2D eigenvalue weighted by Gasteiger charge is 2.59. The lowest BCUT2D eigenvalue weighted by Gasteiger charge is -2.50. The Hall–Kier alpha value is -7.62. The van der Waals surface area contributed by atoms with Gasteiger partial charge in [0.15, 0.2) is 0 Å². The Bertz CT molecular complexity index is 3960. The summed E-state index contributed by atoms with van der Waals surface area (Å²) in [6.07, 6.45) is 9.89. The second-order valence-electron chi connectivity index (χ2n) is 23.7. The van der Waals surface area contributed by atoms with Crippen LogP contribution in [0.1, 0.15) is 112 Å². The maximum Gasteiger partial charge on any atom is 0.143 e. The van der Waals surface area contributed by atoms with Crippen molar-refractivity contribution in [3.63, 3.8) is 0 Å². The molecule has 3 nitrogen and oxygen atoms in total. The van der Waals surface area contributed by atoms with Crippen molar-refractivity contribution in [2.75, 3.05) is 9.80 Å². The van der Waals surface area contributed by atoms with E-state index in [0.29, 0.717) is 0 Å². The van der Waals surface area contributed by atoms with Gasteiger partial charge in [0.25, 0.3) is 0 Å². The van der Waals surface area contributed by atoms with Gasteiger partial charge in [-0.25, -0.2) is 0 Å². The molecule has 74 heavy (non-hydrogen) atoms. The molecule has 6 aliphatic rings. The Balaban J connectivity index is 0.889. The Kier molecular flexibility index (Phi) is 8.56. The number of furan rings is 1. The SMILES string of the molecule is CC12CCCCC1(C)N(c1ccc(-c3ccc4c(c3)C3(c5ccccc5-c5ccccc53)c3cc(-c5ccc(N6c7ccccc7C7(C)CCCCC67C)cc5)c5oc6ccccc6c5c3-4)cc1)c1ccccc12. The smallest absolute Gasteiger partial charge is 0.143 e. The van der Waals surface area contributed by atoms with E-state index in [1.807, 2.05) is 0 Å². The molecule has 2 saturated carbocycles. The molecule has 1 spiro atoms. The van der Waals surface area contributed by atoms with Crippen LogP contribution < -0.4 is 9.80 Å². The van der Waals surface area contributed by atoms with E-state index in [-0.39, 0.29) is 21.9 Å². The van der Waals surface area contributed by atoms with Crippen molar-refractivity contribution in [3.8, 4) is 44.5 Å². The van der Waals surface area contributed by atoms with E-state index in [2.05, 4.69) is 232 Å². The monoisotopic (exact) mass is 956 g/mol. The first-order valence-electron chi connectivity index (χ1n) is 27.5. The number of hydrogen-bond donors (Lipinski definition) is 0. The molecule has 4 atom stereocenters. The molecule has 9 aromatic carbocycles. The van der Waals surface area contributed by atoms with Crippen LogP contribution in [0.25, 0.3) is 66.4 Å². The highest BCUT2D eigenvalue weighted by Crippen LogP contribution is 2.67. The predicted octanol–water partition coefficient (Wildman–Crippen LogP) is 18.7. The van der Waals surface area contributed by atoms with Crippen molar-refractivity contribution in [3.05, 3.63) is 228 Å². The number of hydrogen-bond acceptors (Lipinski definition) is 3. The molecule has 360 valence electrons. The summed E-state index contributed by atoms with van der Waals surface area (Å²) in [7, 11) is 0. The standard InChI is InChI=1S/C71H60N2O/c1-67-39-15-17-41-69(67,3)72(61-26-12-10-24-57(61)67)48-34-29-45(30-35-48)47-33-38-52-59(43-47)71(55-22-8-5-19-50(55)51-20-6-9-23-56(51)71)60-44-54(66-65(64(52)60)53-21-7-14-28-63(53)74-66)46-31-36-49(37-32-46)73-62-27-13-11-25-58(62)68(2)40-16-18-42-70(68,73)4/h5-14,19-38,43-44H,15-18,39-42H2,1-4H3. The van der Waals surface area contributed by atoms with Gasteiger partial charge in [0.1, 0.15) is 11.2 Å². The van der Waals surface area contributed by atoms with Gasteiger partial charge in [0.05, 0.1) is 16.5 Å². The zero-order chi connectivity index (χ0) is 49.3. The summed E-state index contributed by atoms with van der Waals surface area (Å²) in [5.74, 6) is 0. The van der Waals surface area contributed by atoms with Crippen LogP contribution in [-0.4, -0.2) is 11.1 Å². The second kappa shape index (κ2) is 14.8. The van der Waals surface area contributed by atoms with E-state index in [4.69, 9.17) is 4.42 Å². The summed E-state index contributed by atoms with van der Waals surface area (Å²) in [6, 6.07) is 74.5. The second-order valence-corrected chi connectivity index (χ2v) is 23.7. The lowest BCUT2D eigenvalue weighted by molar-refractivity contribution is 0.195. The van der Waals surface area contributed by atoms with Crippen molar-refractivity contribution >= 4 is 44.7 Å². The molecular formula is C71H60N2O. The summed E-state index contributed by atoms with van der Waals surface area (Å²) in [4.78, 5) is 5.38. The molecule has 0 saturated heterocycles. The number of benzene rings is 9. The molecule has 3 heterocycles. The van der Waals surface area contributed by atoms with E-state index >= 15 is 0 Å². The molecule has 0 bridgehead atoms. The zero-order valence-electron chi connectivity index (χ0n) is 42.9. The molecule has 16 rings (SSSR count). The van der Waals surface area contributed by atoms with Crippen molar-refractivity contribution in [1.29, 1.82) is 0 Å². The van der Waals surface area contributed by atoms with Gasteiger partial charge in [-0.3, -0.25) is 0 Å². The Morgan fingerprint density at radius 3 is 1.46 bits per heavy atom. The number of nitrogens with zero attached hydrogens (tertiary/aromatic N) is 2. The Labute approximate surface area is 435 Å². The molecule has 4 aliphatic carbocycles. The normalized spacial score (nSPS) is 24.3. The average molecular weight is 957 g/mol. The van der Waals surface area contributed by atoms with Crippen molar-refractivity contribution in [2.24, 2.45) is 0 Å². The molecule has 4 unspecified atom stereocenters.